The normalized spacial score (nSPS) is 11.2. The standard InChI is InChI=1S/C17H9Cl3N4O/c18-9-1-4-11(5-2-9)24-16(12-6-3-10(19)7-13(12)20)23-15-14(17(24)25)21-8-22-15/h1-8H,(H,21,22). The zero-order valence-corrected chi connectivity index (χ0v) is 14.8. The predicted octanol–water partition coefficient (Wildman–Crippen LogP) is 4.74. The smallest absolute Gasteiger partial charge is 0.284 e. The monoisotopic (exact) mass is 390 g/mol. The van der Waals surface area contributed by atoms with Gasteiger partial charge in [0.25, 0.3) is 5.56 Å². The van der Waals surface area contributed by atoms with Gasteiger partial charge in [-0.25, -0.2) is 9.97 Å². The van der Waals surface area contributed by atoms with Gasteiger partial charge in [0.15, 0.2) is 17.0 Å². The molecule has 8 heteroatoms. The average molecular weight is 392 g/mol. The minimum absolute atomic E-state index is 0.286. The number of nitrogens with zero attached hydrogens (tertiary/aromatic N) is 3. The van der Waals surface area contributed by atoms with Crippen molar-refractivity contribution in [1.29, 1.82) is 0 Å². The SMILES string of the molecule is O=c1c2[nH]cnc2nc(-c2ccc(Cl)cc2Cl)n1-c1ccc(Cl)cc1. The van der Waals surface area contributed by atoms with Crippen molar-refractivity contribution in [1.82, 2.24) is 19.5 Å². The van der Waals surface area contributed by atoms with E-state index in [1.807, 2.05) is 0 Å². The highest BCUT2D eigenvalue weighted by Gasteiger charge is 2.18. The van der Waals surface area contributed by atoms with Crippen LogP contribution in [0.15, 0.2) is 53.6 Å². The van der Waals surface area contributed by atoms with Crippen LogP contribution in [0.1, 0.15) is 0 Å². The largest absolute Gasteiger partial charge is 0.339 e. The number of H-pyrrole nitrogens is 1. The van der Waals surface area contributed by atoms with Gasteiger partial charge in [-0.05, 0) is 42.5 Å². The van der Waals surface area contributed by atoms with Crippen molar-refractivity contribution in [2.75, 3.05) is 0 Å². The van der Waals surface area contributed by atoms with Crippen molar-refractivity contribution >= 4 is 46.0 Å². The molecule has 1 N–H and O–H groups in total. The highest BCUT2D eigenvalue weighted by atomic mass is 35.5. The van der Waals surface area contributed by atoms with Gasteiger partial charge in [-0.1, -0.05) is 34.8 Å². The second-order valence-corrected chi connectivity index (χ2v) is 6.56. The third-order valence-electron chi connectivity index (χ3n) is 3.72. The number of aromatic nitrogens is 4. The molecule has 25 heavy (non-hydrogen) atoms. The molecule has 0 aliphatic carbocycles. The zero-order chi connectivity index (χ0) is 17.6. The first kappa shape index (κ1) is 16.1. The Labute approximate surface area is 156 Å². The van der Waals surface area contributed by atoms with Crippen LogP contribution in [-0.4, -0.2) is 19.5 Å². The lowest BCUT2D eigenvalue weighted by molar-refractivity contribution is 0.970. The van der Waals surface area contributed by atoms with Crippen molar-refractivity contribution in [2.45, 2.75) is 0 Å². The Morgan fingerprint density at radius 2 is 1.68 bits per heavy atom. The minimum atomic E-state index is -0.286. The second kappa shape index (κ2) is 6.19. The summed E-state index contributed by atoms with van der Waals surface area (Å²) in [5.74, 6) is 0.369. The summed E-state index contributed by atoms with van der Waals surface area (Å²) in [4.78, 5) is 24.4. The number of halogens is 3. The van der Waals surface area contributed by atoms with Crippen LogP contribution < -0.4 is 5.56 Å². The number of fused-ring (bicyclic) bond motifs is 1. The maximum absolute atomic E-state index is 13.0. The van der Waals surface area contributed by atoms with Gasteiger partial charge < -0.3 is 4.98 Å². The lowest BCUT2D eigenvalue weighted by Crippen LogP contribution is -2.22. The molecular weight excluding hydrogens is 383 g/mol. The van der Waals surface area contributed by atoms with Crippen molar-refractivity contribution in [3.63, 3.8) is 0 Å². The first-order valence-corrected chi connectivity index (χ1v) is 8.35. The third kappa shape index (κ3) is 2.80. The Hall–Kier alpha value is -2.34. The van der Waals surface area contributed by atoms with Gasteiger partial charge in [0, 0.05) is 15.6 Å². The van der Waals surface area contributed by atoms with E-state index in [0.29, 0.717) is 43.3 Å². The van der Waals surface area contributed by atoms with Crippen molar-refractivity contribution < 1.29 is 0 Å². The number of aromatic amines is 1. The van der Waals surface area contributed by atoms with E-state index in [0.717, 1.165) is 0 Å². The molecule has 2 aromatic carbocycles. The highest BCUT2D eigenvalue weighted by Crippen LogP contribution is 2.30. The molecule has 5 nitrogen and oxygen atoms in total. The van der Waals surface area contributed by atoms with Crippen molar-refractivity contribution in [3.8, 4) is 17.1 Å². The number of imidazole rings is 1. The Balaban J connectivity index is 2.10. The summed E-state index contributed by atoms with van der Waals surface area (Å²) in [6.45, 7) is 0. The van der Waals surface area contributed by atoms with Gasteiger partial charge in [0.1, 0.15) is 0 Å². The van der Waals surface area contributed by atoms with E-state index >= 15 is 0 Å². The summed E-state index contributed by atoms with van der Waals surface area (Å²) in [6.07, 6.45) is 1.43. The van der Waals surface area contributed by atoms with E-state index in [4.69, 9.17) is 34.8 Å². The Morgan fingerprint density at radius 1 is 0.960 bits per heavy atom. The van der Waals surface area contributed by atoms with Crippen molar-refractivity contribution in [2.24, 2.45) is 0 Å². The van der Waals surface area contributed by atoms with Crippen LogP contribution in [0.4, 0.5) is 0 Å². The second-order valence-electron chi connectivity index (χ2n) is 5.28. The number of benzene rings is 2. The van der Waals surface area contributed by atoms with E-state index in [-0.39, 0.29) is 5.56 Å². The first-order chi connectivity index (χ1) is 12.0. The summed E-state index contributed by atoms with van der Waals surface area (Å²) in [6, 6.07) is 11.9. The lowest BCUT2D eigenvalue weighted by Gasteiger charge is -2.13. The van der Waals surface area contributed by atoms with Gasteiger partial charge in [0.05, 0.1) is 17.0 Å². The van der Waals surface area contributed by atoms with E-state index in [2.05, 4.69) is 15.0 Å². The molecule has 2 aromatic heterocycles. The van der Waals surface area contributed by atoms with Gasteiger partial charge in [-0.3, -0.25) is 9.36 Å². The number of rotatable bonds is 2. The summed E-state index contributed by atoms with van der Waals surface area (Å²) < 4.78 is 1.46. The molecule has 4 aromatic rings. The van der Waals surface area contributed by atoms with Crippen LogP contribution in [-0.2, 0) is 0 Å². The van der Waals surface area contributed by atoms with Gasteiger partial charge in [-0.2, -0.15) is 0 Å². The number of hydrogen-bond acceptors (Lipinski definition) is 3. The predicted molar refractivity (Wildman–Crippen MR) is 100.0 cm³/mol. The highest BCUT2D eigenvalue weighted by molar-refractivity contribution is 6.36. The van der Waals surface area contributed by atoms with E-state index in [1.54, 1.807) is 42.5 Å². The Morgan fingerprint density at radius 3 is 2.40 bits per heavy atom. The lowest BCUT2D eigenvalue weighted by atomic mass is 10.2. The molecule has 0 unspecified atom stereocenters. The first-order valence-electron chi connectivity index (χ1n) is 7.22. The molecule has 0 spiro atoms. The topological polar surface area (TPSA) is 63.6 Å². The fourth-order valence-electron chi connectivity index (χ4n) is 2.57. The van der Waals surface area contributed by atoms with Crippen LogP contribution in [0.25, 0.3) is 28.2 Å². The number of hydrogen-bond donors (Lipinski definition) is 1. The molecular formula is C17H9Cl3N4O. The molecule has 0 saturated carbocycles. The summed E-state index contributed by atoms with van der Waals surface area (Å²) in [7, 11) is 0. The Bertz CT molecular complexity index is 1150. The third-order valence-corrected chi connectivity index (χ3v) is 4.52. The molecule has 0 bridgehead atoms. The quantitative estimate of drug-likeness (QED) is 0.537. The van der Waals surface area contributed by atoms with E-state index in [9.17, 15) is 4.79 Å². The molecule has 0 atom stereocenters. The number of nitrogens with one attached hydrogen (secondary N) is 1. The molecule has 0 aliphatic heterocycles. The van der Waals surface area contributed by atoms with Gasteiger partial charge in [-0.15, -0.1) is 0 Å². The van der Waals surface area contributed by atoms with E-state index in [1.165, 1.54) is 10.9 Å². The summed E-state index contributed by atoms with van der Waals surface area (Å²) >= 11 is 18.3. The molecule has 0 radical (unpaired) electrons. The zero-order valence-electron chi connectivity index (χ0n) is 12.5. The molecule has 0 fully saturated rings. The molecule has 0 amide bonds. The van der Waals surface area contributed by atoms with Crippen LogP contribution in [0, 0.1) is 0 Å². The molecule has 2 heterocycles. The van der Waals surface area contributed by atoms with Crippen LogP contribution in [0.2, 0.25) is 15.1 Å². The molecule has 0 saturated heterocycles. The summed E-state index contributed by atoms with van der Waals surface area (Å²) in [5, 5.41) is 1.45. The fraction of sp³-hybridized carbons (Fsp3) is 0. The summed E-state index contributed by atoms with van der Waals surface area (Å²) in [5.41, 5.74) is 1.52. The van der Waals surface area contributed by atoms with Crippen LogP contribution in [0.5, 0.6) is 0 Å². The molecule has 124 valence electrons. The van der Waals surface area contributed by atoms with E-state index < -0.39 is 0 Å². The maximum atomic E-state index is 13.0. The Kier molecular flexibility index (Phi) is 4.00. The van der Waals surface area contributed by atoms with Gasteiger partial charge >= 0.3 is 0 Å². The minimum Gasteiger partial charge on any atom is -0.339 e. The molecule has 0 aliphatic rings. The maximum Gasteiger partial charge on any atom is 0.284 e. The van der Waals surface area contributed by atoms with Gasteiger partial charge in [0.2, 0.25) is 0 Å². The van der Waals surface area contributed by atoms with Crippen LogP contribution >= 0.6 is 34.8 Å². The van der Waals surface area contributed by atoms with Crippen LogP contribution in [0.3, 0.4) is 0 Å². The average Bonchev–Trinajstić information content (AvgIpc) is 3.05. The molecule has 4 rings (SSSR count). The van der Waals surface area contributed by atoms with Crippen molar-refractivity contribution in [3.05, 3.63) is 74.2 Å². The fourth-order valence-corrected chi connectivity index (χ4v) is 3.19.